The number of hydrogen-bond acceptors (Lipinski definition) is 6. The molecule has 7 heteroatoms. The third-order valence-electron chi connectivity index (χ3n) is 5.80. The lowest BCUT2D eigenvalue weighted by atomic mass is 9.68. The highest BCUT2D eigenvalue weighted by molar-refractivity contribution is 7.93. The van der Waals surface area contributed by atoms with E-state index in [1.54, 1.807) is 18.2 Å². The van der Waals surface area contributed by atoms with Crippen molar-refractivity contribution in [3.8, 4) is 0 Å². The second kappa shape index (κ2) is 6.71. The van der Waals surface area contributed by atoms with E-state index in [0.29, 0.717) is 6.42 Å². The number of aliphatic hydroxyl groups excluding tert-OH is 1. The van der Waals surface area contributed by atoms with E-state index in [0.717, 1.165) is 0 Å². The molecule has 0 radical (unpaired) electrons. The minimum absolute atomic E-state index is 0.000825. The molecule has 0 aromatic heterocycles. The highest BCUT2D eigenvalue weighted by Crippen LogP contribution is 2.58. The van der Waals surface area contributed by atoms with Crippen LogP contribution in [0.5, 0.6) is 0 Å². The van der Waals surface area contributed by atoms with Crippen molar-refractivity contribution in [2.24, 2.45) is 11.8 Å². The van der Waals surface area contributed by atoms with Crippen LogP contribution in [-0.4, -0.2) is 47.7 Å². The molecule has 0 amide bonds. The van der Waals surface area contributed by atoms with E-state index in [-0.39, 0.29) is 42.5 Å². The van der Waals surface area contributed by atoms with E-state index >= 15 is 0 Å². The van der Waals surface area contributed by atoms with Gasteiger partial charge in [-0.1, -0.05) is 25.1 Å². The summed E-state index contributed by atoms with van der Waals surface area (Å²) in [6.45, 7) is 2.97. The zero-order valence-corrected chi connectivity index (χ0v) is 15.9. The van der Waals surface area contributed by atoms with Gasteiger partial charge in [-0.3, -0.25) is 0 Å². The topological polar surface area (TPSA) is 101 Å². The molecule has 1 aliphatic heterocycles. The van der Waals surface area contributed by atoms with E-state index in [1.807, 2.05) is 6.92 Å². The van der Waals surface area contributed by atoms with Crippen molar-refractivity contribution in [1.82, 2.24) is 0 Å². The summed E-state index contributed by atoms with van der Waals surface area (Å²) in [7, 11) is -4.02. The summed E-state index contributed by atoms with van der Waals surface area (Å²) in [5.41, 5.74) is 0. The maximum absolute atomic E-state index is 13.7. The van der Waals surface area contributed by atoms with Crippen LogP contribution in [0.1, 0.15) is 39.5 Å². The molecule has 144 valence electrons. The van der Waals surface area contributed by atoms with Gasteiger partial charge in [-0.15, -0.1) is 0 Å². The Hall–Kier alpha value is -1.28. The monoisotopic (exact) mass is 382 g/mol. The van der Waals surface area contributed by atoms with Gasteiger partial charge < -0.3 is 19.7 Å². The number of benzene rings is 1. The molecule has 6 nitrogen and oxygen atoms in total. The number of hydrogen-bond donors (Lipinski definition) is 2. The number of aliphatic hydroxyl groups is 2. The molecular weight excluding hydrogens is 356 g/mol. The number of ether oxygens (including phenoxy) is 1. The van der Waals surface area contributed by atoms with Gasteiger partial charge >= 0.3 is 0 Å². The van der Waals surface area contributed by atoms with Gasteiger partial charge in [-0.05, 0) is 37.3 Å². The van der Waals surface area contributed by atoms with Crippen molar-refractivity contribution in [3.63, 3.8) is 0 Å². The van der Waals surface area contributed by atoms with Crippen molar-refractivity contribution < 1.29 is 28.2 Å². The Morgan fingerprint density at radius 1 is 1.27 bits per heavy atom. The fraction of sp³-hybridized carbons (Fsp3) is 0.632. The molecule has 2 fully saturated rings. The Kier molecular flexibility index (Phi) is 5.03. The molecule has 1 aromatic carbocycles. The lowest BCUT2D eigenvalue weighted by Crippen LogP contribution is -2.64. The molecule has 2 aliphatic rings. The number of ketones is 1. The Morgan fingerprint density at radius 3 is 2.50 bits per heavy atom. The number of sulfone groups is 1. The maximum atomic E-state index is 13.7. The lowest BCUT2D eigenvalue weighted by molar-refractivity contribution is -0.236. The third kappa shape index (κ3) is 2.81. The van der Waals surface area contributed by atoms with Gasteiger partial charge in [0.05, 0.1) is 17.6 Å². The number of carbonyl (C=O) groups excluding carboxylic acids is 1. The highest BCUT2D eigenvalue weighted by Gasteiger charge is 2.71. The molecule has 1 saturated heterocycles. The van der Waals surface area contributed by atoms with Crippen molar-refractivity contribution in [2.45, 2.75) is 61.1 Å². The standard InChI is InChI=1S/C19H26O6S/c1-13-8-15(9-14(2)21)18(11-16(12-20)25-19(18,22)10-13)26(23,24)17-6-4-3-5-7-17/h3-7,13,15-16,20,22H,8-12H2,1-2H3/t13-,15+,16-,18+,19+/m1/s1. The van der Waals surface area contributed by atoms with Gasteiger partial charge in [0.25, 0.3) is 0 Å². The Labute approximate surface area is 154 Å². The molecule has 5 atom stereocenters. The smallest absolute Gasteiger partial charge is 0.189 e. The normalized spacial score (nSPS) is 37.3. The molecule has 1 aromatic rings. The summed E-state index contributed by atoms with van der Waals surface area (Å²) in [6.07, 6.45) is -0.0834. The Balaban J connectivity index is 2.22. The average Bonchev–Trinajstić information content (AvgIpc) is 2.89. The van der Waals surface area contributed by atoms with Crippen LogP contribution in [0.15, 0.2) is 35.2 Å². The van der Waals surface area contributed by atoms with Gasteiger partial charge in [0.2, 0.25) is 0 Å². The number of rotatable bonds is 5. The van der Waals surface area contributed by atoms with Gasteiger partial charge in [-0.25, -0.2) is 8.42 Å². The lowest BCUT2D eigenvalue weighted by Gasteiger charge is -2.50. The molecule has 1 saturated carbocycles. The summed E-state index contributed by atoms with van der Waals surface area (Å²) in [5, 5.41) is 21.0. The summed E-state index contributed by atoms with van der Waals surface area (Å²) in [4.78, 5) is 12.0. The molecule has 0 spiro atoms. The van der Waals surface area contributed by atoms with E-state index < -0.39 is 32.4 Å². The molecule has 1 aliphatic carbocycles. The fourth-order valence-corrected chi connectivity index (χ4v) is 7.41. The van der Waals surface area contributed by atoms with Crippen LogP contribution in [0, 0.1) is 11.8 Å². The highest BCUT2D eigenvalue weighted by atomic mass is 32.2. The molecule has 1 heterocycles. The van der Waals surface area contributed by atoms with Crippen molar-refractivity contribution in [2.75, 3.05) is 6.61 Å². The first-order valence-electron chi connectivity index (χ1n) is 8.96. The van der Waals surface area contributed by atoms with E-state index in [4.69, 9.17) is 4.74 Å². The molecule has 3 rings (SSSR count). The van der Waals surface area contributed by atoms with Gasteiger partial charge in [0, 0.05) is 19.3 Å². The first-order valence-corrected chi connectivity index (χ1v) is 10.4. The van der Waals surface area contributed by atoms with Crippen LogP contribution < -0.4 is 0 Å². The van der Waals surface area contributed by atoms with Crippen LogP contribution in [0.3, 0.4) is 0 Å². The second-order valence-corrected chi connectivity index (χ2v) is 9.97. The SMILES string of the molecule is CC(=O)C[C@@H]1C[C@@H](C)C[C@]2(O)O[C@@H](CO)C[C@]12S(=O)(=O)c1ccccc1. The molecule has 26 heavy (non-hydrogen) atoms. The third-order valence-corrected chi connectivity index (χ3v) is 8.47. The van der Waals surface area contributed by atoms with Crippen molar-refractivity contribution in [1.29, 1.82) is 0 Å². The van der Waals surface area contributed by atoms with E-state index in [2.05, 4.69) is 0 Å². The predicted octanol–water partition coefficient (Wildman–Crippen LogP) is 1.69. The first-order chi connectivity index (χ1) is 12.2. The molecule has 0 unspecified atom stereocenters. The van der Waals surface area contributed by atoms with Crippen molar-refractivity contribution in [3.05, 3.63) is 30.3 Å². The Bertz CT molecular complexity index is 776. The minimum atomic E-state index is -4.02. The quantitative estimate of drug-likeness (QED) is 0.804. The van der Waals surface area contributed by atoms with Crippen molar-refractivity contribution >= 4 is 15.6 Å². The first kappa shape index (κ1) is 19.5. The van der Waals surface area contributed by atoms with Gasteiger partial charge in [-0.2, -0.15) is 0 Å². The molecule has 2 N–H and O–H groups in total. The van der Waals surface area contributed by atoms with Crippen LogP contribution in [0.4, 0.5) is 0 Å². The average molecular weight is 382 g/mol. The predicted molar refractivity (Wildman–Crippen MR) is 95.1 cm³/mol. The van der Waals surface area contributed by atoms with Gasteiger partial charge in [0.15, 0.2) is 15.6 Å². The molecular formula is C19H26O6S. The van der Waals surface area contributed by atoms with Crippen LogP contribution in [-0.2, 0) is 19.4 Å². The minimum Gasteiger partial charge on any atom is -0.394 e. The van der Waals surface area contributed by atoms with E-state index in [1.165, 1.54) is 19.1 Å². The summed E-state index contributed by atoms with van der Waals surface area (Å²) >= 11 is 0. The van der Waals surface area contributed by atoms with Crippen LogP contribution in [0.2, 0.25) is 0 Å². The van der Waals surface area contributed by atoms with E-state index in [9.17, 15) is 23.4 Å². The number of fused-ring (bicyclic) bond motifs is 1. The second-order valence-electron chi connectivity index (χ2n) is 7.76. The zero-order valence-electron chi connectivity index (χ0n) is 15.1. The van der Waals surface area contributed by atoms with Crippen LogP contribution >= 0.6 is 0 Å². The zero-order chi connectivity index (χ0) is 19.2. The van der Waals surface area contributed by atoms with Gasteiger partial charge in [0.1, 0.15) is 10.5 Å². The Morgan fingerprint density at radius 2 is 1.92 bits per heavy atom. The molecule has 0 bridgehead atoms. The maximum Gasteiger partial charge on any atom is 0.189 e. The summed E-state index contributed by atoms with van der Waals surface area (Å²) in [5.74, 6) is -2.62. The fourth-order valence-electron chi connectivity index (χ4n) is 4.90. The number of carbonyl (C=O) groups is 1. The number of Topliss-reactive ketones (excluding diaryl/α,β-unsaturated/α-hetero) is 1. The largest absolute Gasteiger partial charge is 0.394 e. The van der Waals surface area contributed by atoms with Crippen LogP contribution in [0.25, 0.3) is 0 Å². The summed E-state index contributed by atoms with van der Waals surface area (Å²) < 4.78 is 31.5. The summed E-state index contributed by atoms with van der Waals surface area (Å²) in [6, 6.07) is 7.99.